The van der Waals surface area contributed by atoms with Crippen molar-refractivity contribution >= 4 is 12.0 Å². The van der Waals surface area contributed by atoms with Crippen molar-refractivity contribution in [2.24, 2.45) is 0 Å². The third kappa shape index (κ3) is 3.28. The van der Waals surface area contributed by atoms with Gasteiger partial charge in [-0.25, -0.2) is 9.59 Å². The molecule has 0 bridgehead atoms. The summed E-state index contributed by atoms with van der Waals surface area (Å²) in [5.41, 5.74) is -1.02. The number of likely N-dealkylation sites (tertiary alicyclic amines) is 1. The van der Waals surface area contributed by atoms with Crippen LogP contribution in [0.3, 0.4) is 0 Å². The molecule has 5 heteroatoms. The lowest BCUT2D eigenvalue weighted by molar-refractivity contribution is -0.148. The van der Waals surface area contributed by atoms with Crippen LogP contribution >= 0.6 is 0 Å². The lowest BCUT2D eigenvalue weighted by Crippen LogP contribution is -2.57. The Kier molecular flexibility index (Phi) is 5.39. The Hall–Kier alpha value is -1.52. The fourth-order valence-corrected chi connectivity index (χ4v) is 2.78. The summed E-state index contributed by atoms with van der Waals surface area (Å²) in [5, 5.41) is 12.4. The van der Waals surface area contributed by atoms with Crippen LogP contribution in [0.15, 0.2) is 12.7 Å². The molecule has 0 saturated carbocycles. The molecule has 0 aromatic carbocycles. The van der Waals surface area contributed by atoms with E-state index < -0.39 is 11.5 Å². The lowest BCUT2D eigenvalue weighted by Gasteiger charge is -2.35. The summed E-state index contributed by atoms with van der Waals surface area (Å²) < 4.78 is 0. The third-order valence-corrected chi connectivity index (χ3v) is 3.69. The van der Waals surface area contributed by atoms with Gasteiger partial charge in [0.25, 0.3) is 0 Å². The number of nitrogens with one attached hydrogen (secondary N) is 1. The number of carboxylic acid groups (broad SMARTS) is 1. The van der Waals surface area contributed by atoms with Crippen LogP contribution < -0.4 is 5.32 Å². The Balaban J connectivity index is 2.81. The summed E-state index contributed by atoms with van der Waals surface area (Å²) >= 11 is 0. The molecule has 1 rings (SSSR count). The normalized spacial score (nSPS) is 24.0. The van der Waals surface area contributed by atoms with Gasteiger partial charge in [-0.3, -0.25) is 0 Å². The largest absolute Gasteiger partial charge is 0.479 e. The number of hydrogen-bond donors (Lipinski definition) is 2. The molecule has 0 spiro atoms. The minimum atomic E-state index is -1.02. The molecule has 0 aromatic heterocycles. The number of carbonyl (C=O) groups is 2. The predicted molar refractivity (Wildman–Crippen MR) is 74.0 cm³/mol. The second kappa shape index (κ2) is 6.59. The van der Waals surface area contributed by atoms with Crippen molar-refractivity contribution in [3.05, 3.63) is 12.7 Å². The van der Waals surface area contributed by atoms with Gasteiger partial charge in [0.1, 0.15) is 5.54 Å². The molecule has 1 aliphatic rings. The number of nitrogens with zero attached hydrogens (tertiary/aromatic N) is 1. The molecule has 1 fully saturated rings. The maximum atomic E-state index is 12.2. The van der Waals surface area contributed by atoms with Gasteiger partial charge in [0.05, 0.1) is 0 Å². The molecule has 19 heavy (non-hydrogen) atoms. The Morgan fingerprint density at radius 3 is 2.79 bits per heavy atom. The summed E-state index contributed by atoms with van der Waals surface area (Å²) in [6.45, 7) is 7.98. The van der Waals surface area contributed by atoms with Gasteiger partial charge in [0, 0.05) is 12.6 Å². The highest BCUT2D eigenvalue weighted by atomic mass is 16.4. The number of rotatable bonds is 6. The van der Waals surface area contributed by atoms with E-state index in [0.29, 0.717) is 25.8 Å². The summed E-state index contributed by atoms with van der Waals surface area (Å²) in [4.78, 5) is 25.3. The van der Waals surface area contributed by atoms with Crippen LogP contribution in [-0.2, 0) is 4.79 Å². The van der Waals surface area contributed by atoms with Crippen molar-refractivity contribution in [2.45, 2.75) is 57.5 Å². The van der Waals surface area contributed by atoms with Crippen LogP contribution in [0.25, 0.3) is 0 Å². The van der Waals surface area contributed by atoms with Crippen molar-refractivity contribution < 1.29 is 14.7 Å². The number of aliphatic carboxylic acids is 1. The minimum Gasteiger partial charge on any atom is -0.479 e. The molecule has 2 unspecified atom stereocenters. The molecular formula is C14H24N2O3. The van der Waals surface area contributed by atoms with E-state index in [9.17, 15) is 14.7 Å². The van der Waals surface area contributed by atoms with E-state index in [0.717, 1.165) is 12.8 Å². The van der Waals surface area contributed by atoms with Crippen LogP contribution in [0, 0.1) is 0 Å². The first kappa shape index (κ1) is 15.5. The van der Waals surface area contributed by atoms with Crippen LogP contribution in [0.4, 0.5) is 4.79 Å². The molecule has 1 saturated heterocycles. The average molecular weight is 268 g/mol. The molecule has 1 heterocycles. The second-order valence-corrected chi connectivity index (χ2v) is 5.22. The van der Waals surface area contributed by atoms with E-state index >= 15 is 0 Å². The molecule has 0 aliphatic carbocycles. The van der Waals surface area contributed by atoms with E-state index in [1.54, 1.807) is 6.08 Å². The van der Waals surface area contributed by atoms with Gasteiger partial charge < -0.3 is 15.3 Å². The maximum Gasteiger partial charge on any atom is 0.329 e. The van der Waals surface area contributed by atoms with Gasteiger partial charge in [-0.05, 0) is 32.6 Å². The molecule has 2 atom stereocenters. The van der Waals surface area contributed by atoms with Gasteiger partial charge in [-0.1, -0.05) is 19.4 Å². The molecule has 2 amide bonds. The molecule has 2 N–H and O–H groups in total. The Morgan fingerprint density at radius 2 is 2.26 bits per heavy atom. The summed E-state index contributed by atoms with van der Waals surface area (Å²) in [6.07, 6.45) is 4.96. The Morgan fingerprint density at radius 1 is 1.58 bits per heavy atom. The van der Waals surface area contributed by atoms with E-state index in [2.05, 4.69) is 11.9 Å². The van der Waals surface area contributed by atoms with Crippen molar-refractivity contribution in [3.8, 4) is 0 Å². The first-order valence-electron chi connectivity index (χ1n) is 6.90. The number of amides is 2. The Labute approximate surface area is 114 Å². The molecule has 5 nitrogen and oxygen atoms in total. The zero-order valence-electron chi connectivity index (χ0n) is 11.8. The van der Waals surface area contributed by atoms with Gasteiger partial charge in [0.2, 0.25) is 0 Å². The van der Waals surface area contributed by atoms with E-state index in [4.69, 9.17) is 0 Å². The zero-order chi connectivity index (χ0) is 14.5. The SMILES string of the molecule is C=CCC(C)NC(=O)N1CCCC1(CCC)C(=O)O. The summed E-state index contributed by atoms with van der Waals surface area (Å²) in [7, 11) is 0. The van der Waals surface area contributed by atoms with Crippen LogP contribution in [0.1, 0.15) is 46.0 Å². The quantitative estimate of drug-likeness (QED) is 0.727. The molecular weight excluding hydrogens is 244 g/mol. The fourth-order valence-electron chi connectivity index (χ4n) is 2.78. The fraction of sp³-hybridized carbons (Fsp3) is 0.714. The molecule has 1 aliphatic heterocycles. The predicted octanol–water partition coefficient (Wildman–Crippen LogP) is 2.38. The lowest BCUT2D eigenvalue weighted by atomic mass is 9.91. The highest BCUT2D eigenvalue weighted by Crippen LogP contribution is 2.34. The van der Waals surface area contributed by atoms with Crippen molar-refractivity contribution in [2.75, 3.05) is 6.54 Å². The van der Waals surface area contributed by atoms with E-state index in [1.165, 1.54) is 4.90 Å². The molecule has 0 aromatic rings. The third-order valence-electron chi connectivity index (χ3n) is 3.69. The van der Waals surface area contributed by atoms with Gasteiger partial charge in [-0.2, -0.15) is 0 Å². The monoisotopic (exact) mass is 268 g/mol. The van der Waals surface area contributed by atoms with Gasteiger partial charge in [0.15, 0.2) is 0 Å². The van der Waals surface area contributed by atoms with Crippen LogP contribution in [-0.4, -0.2) is 40.1 Å². The second-order valence-electron chi connectivity index (χ2n) is 5.22. The van der Waals surface area contributed by atoms with Crippen molar-refractivity contribution in [1.82, 2.24) is 10.2 Å². The van der Waals surface area contributed by atoms with E-state index in [1.807, 2.05) is 13.8 Å². The number of urea groups is 1. The highest BCUT2D eigenvalue weighted by molar-refractivity contribution is 5.87. The molecule has 108 valence electrons. The standard InChI is InChI=1S/C14H24N2O3/c1-4-7-11(3)15-13(19)16-10-6-9-14(16,8-5-2)12(17)18/h4,11H,1,5-10H2,2-3H3,(H,15,19)(H,17,18). The first-order valence-corrected chi connectivity index (χ1v) is 6.90. The summed E-state index contributed by atoms with van der Waals surface area (Å²) in [5.74, 6) is -0.890. The molecule has 0 radical (unpaired) electrons. The Bertz CT molecular complexity index is 357. The van der Waals surface area contributed by atoms with Gasteiger partial charge >= 0.3 is 12.0 Å². The van der Waals surface area contributed by atoms with Crippen LogP contribution in [0.5, 0.6) is 0 Å². The minimum absolute atomic E-state index is 0.0290. The number of carboxylic acids is 1. The van der Waals surface area contributed by atoms with Crippen molar-refractivity contribution in [1.29, 1.82) is 0 Å². The summed E-state index contributed by atoms with van der Waals surface area (Å²) in [6, 6.07) is -0.304. The number of carbonyl (C=O) groups excluding carboxylic acids is 1. The smallest absolute Gasteiger partial charge is 0.329 e. The van der Waals surface area contributed by atoms with Crippen molar-refractivity contribution in [3.63, 3.8) is 0 Å². The number of hydrogen-bond acceptors (Lipinski definition) is 2. The maximum absolute atomic E-state index is 12.2. The van der Waals surface area contributed by atoms with E-state index in [-0.39, 0.29) is 12.1 Å². The van der Waals surface area contributed by atoms with Gasteiger partial charge in [-0.15, -0.1) is 6.58 Å². The zero-order valence-corrected chi connectivity index (χ0v) is 11.8. The average Bonchev–Trinajstić information content (AvgIpc) is 2.74. The highest BCUT2D eigenvalue weighted by Gasteiger charge is 2.49. The van der Waals surface area contributed by atoms with Crippen LogP contribution in [0.2, 0.25) is 0 Å². The first-order chi connectivity index (χ1) is 8.97. The topological polar surface area (TPSA) is 69.6 Å².